The number of nitrogens with zero attached hydrogens (tertiary/aromatic N) is 1. The maximum absolute atomic E-state index is 11.7. The largest absolute Gasteiger partial charge is 0.377 e. The first-order valence-corrected chi connectivity index (χ1v) is 6.05. The van der Waals surface area contributed by atoms with Crippen molar-refractivity contribution in [3.05, 3.63) is 0 Å². The molecular formula is C11H22N2O4. The minimum atomic E-state index is 0.0630. The molecule has 0 aliphatic carbocycles. The smallest absolute Gasteiger partial charge is 0.223 e. The van der Waals surface area contributed by atoms with Gasteiger partial charge in [0.15, 0.2) is 0 Å². The number of hydrogen-bond donors (Lipinski definition) is 1. The van der Waals surface area contributed by atoms with Gasteiger partial charge < -0.3 is 24.8 Å². The van der Waals surface area contributed by atoms with Crippen molar-refractivity contribution in [1.82, 2.24) is 4.90 Å². The third-order valence-corrected chi connectivity index (χ3v) is 2.47. The van der Waals surface area contributed by atoms with Crippen LogP contribution in [0.4, 0.5) is 0 Å². The lowest BCUT2D eigenvalue weighted by molar-refractivity contribution is -0.133. The molecule has 0 radical (unpaired) electrons. The van der Waals surface area contributed by atoms with E-state index in [1.807, 2.05) is 0 Å². The van der Waals surface area contributed by atoms with Gasteiger partial charge in [0.1, 0.15) is 0 Å². The molecule has 6 heteroatoms. The summed E-state index contributed by atoms with van der Waals surface area (Å²) < 4.78 is 16.0. The summed E-state index contributed by atoms with van der Waals surface area (Å²) in [5.41, 5.74) is 5.38. The van der Waals surface area contributed by atoms with Crippen LogP contribution in [0.1, 0.15) is 6.42 Å². The minimum absolute atomic E-state index is 0.0630. The monoisotopic (exact) mass is 246 g/mol. The normalized spacial score (nSPS) is 20.4. The van der Waals surface area contributed by atoms with Gasteiger partial charge in [0.25, 0.3) is 0 Å². The minimum Gasteiger partial charge on any atom is -0.377 e. The Morgan fingerprint density at radius 1 is 0.941 bits per heavy atom. The Hall–Kier alpha value is -0.690. The van der Waals surface area contributed by atoms with Gasteiger partial charge >= 0.3 is 0 Å². The van der Waals surface area contributed by atoms with E-state index in [-0.39, 0.29) is 5.91 Å². The Morgan fingerprint density at radius 2 is 1.41 bits per heavy atom. The van der Waals surface area contributed by atoms with Crippen molar-refractivity contribution in [2.24, 2.45) is 5.73 Å². The summed E-state index contributed by atoms with van der Waals surface area (Å²) in [5.74, 6) is 0.0630. The quantitative estimate of drug-likeness (QED) is 0.692. The van der Waals surface area contributed by atoms with Crippen LogP contribution in [-0.2, 0) is 19.0 Å². The van der Waals surface area contributed by atoms with Crippen LogP contribution in [0, 0.1) is 0 Å². The molecule has 2 N–H and O–H groups in total. The molecule has 0 aromatic carbocycles. The second kappa shape index (κ2) is 9.35. The molecule has 1 fully saturated rings. The van der Waals surface area contributed by atoms with Crippen molar-refractivity contribution in [1.29, 1.82) is 0 Å². The van der Waals surface area contributed by atoms with E-state index in [4.69, 9.17) is 19.9 Å². The number of ether oxygens (including phenoxy) is 3. The van der Waals surface area contributed by atoms with Crippen LogP contribution in [0.5, 0.6) is 0 Å². The molecule has 1 rings (SSSR count). The van der Waals surface area contributed by atoms with Crippen molar-refractivity contribution >= 4 is 5.91 Å². The first-order chi connectivity index (χ1) is 8.34. The summed E-state index contributed by atoms with van der Waals surface area (Å²) in [6.07, 6.45) is 0.378. The second-order valence-corrected chi connectivity index (χ2v) is 3.76. The van der Waals surface area contributed by atoms with Gasteiger partial charge in [-0.05, 0) is 0 Å². The molecule has 0 atom stereocenters. The molecule has 0 bridgehead atoms. The third-order valence-electron chi connectivity index (χ3n) is 2.47. The zero-order valence-corrected chi connectivity index (χ0v) is 10.2. The Labute approximate surface area is 102 Å². The predicted molar refractivity (Wildman–Crippen MR) is 62.7 cm³/mol. The lowest BCUT2D eigenvalue weighted by Gasteiger charge is -2.23. The van der Waals surface area contributed by atoms with E-state index in [9.17, 15) is 4.79 Å². The summed E-state index contributed by atoms with van der Waals surface area (Å²) in [7, 11) is 0. The van der Waals surface area contributed by atoms with E-state index in [0.29, 0.717) is 65.7 Å². The molecule has 1 amide bonds. The number of carbonyl (C=O) groups is 1. The molecule has 1 aliphatic heterocycles. The fourth-order valence-electron chi connectivity index (χ4n) is 1.53. The Kier molecular flexibility index (Phi) is 7.91. The highest BCUT2D eigenvalue weighted by Crippen LogP contribution is 1.96. The molecule has 0 aromatic rings. The average Bonchev–Trinajstić information content (AvgIpc) is 2.30. The zero-order valence-electron chi connectivity index (χ0n) is 10.2. The van der Waals surface area contributed by atoms with Crippen LogP contribution in [0.25, 0.3) is 0 Å². The molecule has 1 heterocycles. The predicted octanol–water partition coefficient (Wildman–Crippen LogP) is -0.773. The van der Waals surface area contributed by atoms with E-state index < -0.39 is 0 Å². The topological polar surface area (TPSA) is 74.0 Å². The molecule has 0 unspecified atom stereocenters. The second-order valence-electron chi connectivity index (χ2n) is 3.76. The Bertz CT molecular complexity index is 202. The van der Waals surface area contributed by atoms with E-state index in [1.165, 1.54) is 0 Å². The maximum Gasteiger partial charge on any atom is 0.223 e. The number of carbonyl (C=O) groups excluding carboxylic acids is 1. The number of rotatable bonds is 2. The fraction of sp³-hybridized carbons (Fsp3) is 0.909. The van der Waals surface area contributed by atoms with E-state index >= 15 is 0 Å². The summed E-state index contributed by atoms with van der Waals surface area (Å²) >= 11 is 0. The van der Waals surface area contributed by atoms with Crippen LogP contribution < -0.4 is 5.73 Å². The molecule has 17 heavy (non-hydrogen) atoms. The first kappa shape index (κ1) is 14.4. The summed E-state index contributed by atoms with van der Waals surface area (Å²) in [4.78, 5) is 13.5. The van der Waals surface area contributed by atoms with Gasteiger partial charge in [-0.2, -0.15) is 0 Å². The molecule has 1 aliphatic rings. The van der Waals surface area contributed by atoms with Gasteiger partial charge in [0.2, 0.25) is 5.91 Å². The number of amides is 1. The highest BCUT2D eigenvalue weighted by Gasteiger charge is 2.12. The molecular weight excluding hydrogens is 224 g/mol. The highest BCUT2D eigenvalue weighted by molar-refractivity contribution is 5.76. The molecule has 100 valence electrons. The SMILES string of the molecule is NCCC(=O)N1CCOCCOCCOCC1. The lowest BCUT2D eigenvalue weighted by Crippen LogP contribution is -2.38. The lowest BCUT2D eigenvalue weighted by atomic mass is 10.3. The van der Waals surface area contributed by atoms with Crippen LogP contribution in [-0.4, -0.2) is 70.1 Å². The highest BCUT2D eigenvalue weighted by atomic mass is 16.5. The van der Waals surface area contributed by atoms with Crippen molar-refractivity contribution in [2.75, 3.05) is 59.3 Å². The number of nitrogens with two attached hydrogens (primary N) is 1. The van der Waals surface area contributed by atoms with Crippen LogP contribution in [0.15, 0.2) is 0 Å². The van der Waals surface area contributed by atoms with Gasteiger partial charge in [-0.1, -0.05) is 0 Å². The molecule has 1 saturated heterocycles. The third kappa shape index (κ3) is 6.58. The Morgan fingerprint density at radius 3 is 1.88 bits per heavy atom. The summed E-state index contributed by atoms with van der Waals surface area (Å²) in [6.45, 7) is 4.85. The van der Waals surface area contributed by atoms with E-state index in [0.717, 1.165) is 0 Å². The summed E-state index contributed by atoms with van der Waals surface area (Å²) in [6, 6.07) is 0. The van der Waals surface area contributed by atoms with Crippen molar-refractivity contribution in [3.8, 4) is 0 Å². The molecule has 0 aromatic heterocycles. The Balaban J connectivity index is 2.34. The molecule has 0 spiro atoms. The van der Waals surface area contributed by atoms with E-state index in [2.05, 4.69) is 0 Å². The maximum atomic E-state index is 11.7. The van der Waals surface area contributed by atoms with Gasteiger partial charge in [0, 0.05) is 26.1 Å². The van der Waals surface area contributed by atoms with E-state index in [1.54, 1.807) is 4.90 Å². The van der Waals surface area contributed by atoms with Gasteiger partial charge in [-0.15, -0.1) is 0 Å². The van der Waals surface area contributed by atoms with Gasteiger partial charge in [0.05, 0.1) is 39.6 Å². The summed E-state index contributed by atoms with van der Waals surface area (Å²) in [5, 5.41) is 0. The van der Waals surface area contributed by atoms with Crippen LogP contribution in [0.3, 0.4) is 0 Å². The standard InChI is InChI=1S/C11H22N2O4/c12-2-1-11(14)13-3-5-15-7-9-17-10-8-16-6-4-13/h1-10,12H2. The van der Waals surface area contributed by atoms with Crippen molar-refractivity contribution in [3.63, 3.8) is 0 Å². The van der Waals surface area contributed by atoms with Crippen molar-refractivity contribution < 1.29 is 19.0 Å². The van der Waals surface area contributed by atoms with Crippen LogP contribution >= 0.6 is 0 Å². The molecule has 6 nitrogen and oxygen atoms in total. The van der Waals surface area contributed by atoms with Gasteiger partial charge in [-0.25, -0.2) is 0 Å². The number of hydrogen-bond acceptors (Lipinski definition) is 5. The first-order valence-electron chi connectivity index (χ1n) is 6.05. The zero-order chi connectivity index (χ0) is 12.3. The van der Waals surface area contributed by atoms with Crippen LogP contribution in [0.2, 0.25) is 0 Å². The fourth-order valence-corrected chi connectivity index (χ4v) is 1.53. The molecule has 0 saturated carbocycles. The average molecular weight is 246 g/mol. The van der Waals surface area contributed by atoms with Gasteiger partial charge in [-0.3, -0.25) is 4.79 Å². The van der Waals surface area contributed by atoms with Crippen molar-refractivity contribution in [2.45, 2.75) is 6.42 Å².